The van der Waals surface area contributed by atoms with Crippen molar-refractivity contribution in [2.75, 3.05) is 0 Å². The van der Waals surface area contributed by atoms with E-state index in [1.54, 1.807) is 0 Å². The second kappa shape index (κ2) is 9.55. The van der Waals surface area contributed by atoms with Crippen molar-refractivity contribution in [1.29, 1.82) is 0 Å². The van der Waals surface area contributed by atoms with Crippen molar-refractivity contribution in [3.8, 4) is 5.75 Å². The normalized spacial score (nSPS) is 18.6. The molecule has 6 nitrogen and oxygen atoms in total. The maximum atomic E-state index is 12.2. The molecule has 0 saturated carbocycles. The number of rotatable bonds is 8. The highest BCUT2D eigenvalue weighted by Gasteiger charge is 2.53. The number of hydrogen-bond donors (Lipinski definition) is 0. The highest BCUT2D eigenvalue weighted by Crippen LogP contribution is 2.38. The zero-order valence-electron chi connectivity index (χ0n) is 21.4. The third-order valence-electron chi connectivity index (χ3n) is 6.34. The average Bonchev–Trinajstić information content (AvgIpc) is 3.28. The van der Waals surface area contributed by atoms with E-state index in [2.05, 4.69) is 43.0 Å². The minimum absolute atomic E-state index is 0.112. The Balaban J connectivity index is 1.44. The van der Waals surface area contributed by atoms with E-state index < -0.39 is 21.0 Å². The lowest BCUT2D eigenvalue weighted by atomic mass is 9.82. The van der Waals surface area contributed by atoms with Crippen LogP contribution in [0.15, 0.2) is 59.8 Å². The maximum absolute atomic E-state index is 12.2. The molecule has 1 aromatic heterocycles. The molecule has 0 bridgehead atoms. The Morgan fingerprint density at radius 1 is 1.09 bits per heavy atom. The Hall–Kier alpha value is -3.03. The highest BCUT2D eigenvalue weighted by molar-refractivity contribution is 6.32. The van der Waals surface area contributed by atoms with E-state index in [-0.39, 0.29) is 5.04 Å². The van der Waals surface area contributed by atoms with Crippen LogP contribution < -0.4 is 4.74 Å². The van der Waals surface area contributed by atoms with E-state index in [9.17, 15) is 4.79 Å². The lowest BCUT2D eigenvalue weighted by Gasteiger charge is -2.39. The van der Waals surface area contributed by atoms with Gasteiger partial charge in [0.05, 0.1) is 16.8 Å². The van der Waals surface area contributed by atoms with Gasteiger partial charge in [0.25, 0.3) is 0 Å². The van der Waals surface area contributed by atoms with Crippen molar-refractivity contribution in [1.82, 2.24) is 4.98 Å². The number of aryl methyl sites for hydroxylation is 1. The molecule has 0 spiro atoms. The molecule has 4 rings (SSSR count). The summed E-state index contributed by atoms with van der Waals surface area (Å²) in [5.41, 5.74) is 2.76. The van der Waals surface area contributed by atoms with Crippen molar-refractivity contribution in [2.24, 2.45) is 5.16 Å². The monoisotopic (exact) mass is 490 g/mol. The van der Waals surface area contributed by atoms with Crippen LogP contribution in [0, 0.1) is 6.92 Å². The Labute approximate surface area is 209 Å². The second-order valence-corrected chi connectivity index (χ2v) is 13.6. The predicted octanol–water partition coefficient (Wildman–Crippen LogP) is 5.28. The van der Waals surface area contributed by atoms with Gasteiger partial charge in [0.1, 0.15) is 12.4 Å². The Morgan fingerprint density at radius 2 is 1.80 bits per heavy atom. The first-order valence-electron chi connectivity index (χ1n) is 12.0. The molecule has 1 atom stereocenters. The molecular weight excluding hydrogens is 456 g/mol. The molecule has 7 heteroatoms. The van der Waals surface area contributed by atoms with Crippen molar-refractivity contribution in [2.45, 2.75) is 70.8 Å². The molecule has 0 aliphatic carbocycles. The molecule has 2 heterocycles. The third kappa shape index (κ3) is 5.46. The van der Waals surface area contributed by atoms with E-state index in [1.165, 1.54) is 0 Å². The lowest BCUT2D eigenvalue weighted by Crippen LogP contribution is -2.54. The molecule has 0 saturated heterocycles. The molecule has 184 valence electrons. The number of carbonyl (C=O) groups is 1. The van der Waals surface area contributed by atoms with Gasteiger partial charge in [-0.2, -0.15) is 0 Å². The largest absolute Gasteiger partial charge is 0.489 e. The zero-order valence-corrected chi connectivity index (χ0v) is 22.8. The second-order valence-electron chi connectivity index (χ2n) is 10.9. The fourth-order valence-electron chi connectivity index (χ4n) is 4.07. The lowest BCUT2D eigenvalue weighted by molar-refractivity contribution is -0.157. The minimum atomic E-state index is -1.13. The van der Waals surface area contributed by atoms with Gasteiger partial charge in [-0.15, -0.1) is 0 Å². The number of aromatic nitrogens is 1. The van der Waals surface area contributed by atoms with Crippen LogP contribution in [0.25, 0.3) is 10.9 Å². The fourth-order valence-corrected chi connectivity index (χ4v) is 5.11. The minimum Gasteiger partial charge on any atom is -0.489 e. The number of hydrogen-bond acceptors (Lipinski definition) is 6. The number of pyridine rings is 1. The van der Waals surface area contributed by atoms with Gasteiger partial charge in [0.15, 0.2) is 16.0 Å². The van der Waals surface area contributed by atoms with Gasteiger partial charge in [-0.3, -0.25) is 9.78 Å². The first-order chi connectivity index (χ1) is 16.5. The van der Waals surface area contributed by atoms with Gasteiger partial charge < -0.3 is 14.0 Å². The average molecular weight is 491 g/mol. The van der Waals surface area contributed by atoms with Crippen LogP contribution in [0.1, 0.15) is 57.9 Å². The number of fused-ring (bicyclic) bond motifs is 1. The van der Waals surface area contributed by atoms with Gasteiger partial charge in [-0.25, -0.2) is 0 Å². The summed E-state index contributed by atoms with van der Waals surface area (Å²) in [4.78, 5) is 22.5. The SMILES string of the molecule is Cc1cc(COc2ccc(C3=NOC(C=O)(C(C)(C)O[SiH2]C(C)(C)C)C3)cc2)c2ccccc2n1. The summed E-state index contributed by atoms with van der Waals surface area (Å²) in [5, 5.41) is 5.49. The molecule has 1 aliphatic rings. The van der Waals surface area contributed by atoms with Crippen LogP contribution in [-0.4, -0.2) is 37.9 Å². The summed E-state index contributed by atoms with van der Waals surface area (Å²) in [6.07, 6.45) is 1.21. The third-order valence-corrected chi connectivity index (χ3v) is 8.07. The van der Waals surface area contributed by atoms with Crippen molar-refractivity contribution < 1.29 is 18.8 Å². The fraction of sp³-hybridized carbons (Fsp3) is 0.393. The zero-order chi connectivity index (χ0) is 25.3. The Bertz CT molecular complexity index is 1250. The van der Waals surface area contributed by atoms with Gasteiger partial charge in [0.2, 0.25) is 5.60 Å². The quantitative estimate of drug-likeness (QED) is 0.317. The van der Waals surface area contributed by atoms with Crippen molar-refractivity contribution in [3.05, 3.63) is 71.4 Å². The summed E-state index contributed by atoms with van der Waals surface area (Å²) >= 11 is 0. The molecule has 0 radical (unpaired) electrons. The molecule has 2 aromatic carbocycles. The topological polar surface area (TPSA) is 70.0 Å². The van der Waals surface area contributed by atoms with Crippen LogP contribution in [0.5, 0.6) is 5.75 Å². The van der Waals surface area contributed by atoms with Crippen LogP contribution in [0.3, 0.4) is 0 Å². The van der Waals surface area contributed by atoms with E-state index >= 15 is 0 Å². The molecule has 1 unspecified atom stereocenters. The number of nitrogens with zero attached hydrogens (tertiary/aromatic N) is 2. The number of carbonyl (C=O) groups excluding carboxylic acids is 1. The summed E-state index contributed by atoms with van der Waals surface area (Å²) < 4.78 is 12.4. The van der Waals surface area contributed by atoms with E-state index in [0.717, 1.165) is 45.5 Å². The molecule has 1 aliphatic heterocycles. The standard InChI is InChI=1S/C28H34N2O4Si/c1-19-15-21(23-9-7-8-10-24(23)29-19)17-32-22-13-11-20(12-14-22)25-16-28(18-31,33-30-25)27(5,6)34-35-26(2,3)4/h7-15,18H,16-17,35H2,1-6H3. The van der Waals surface area contributed by atoms with Gasteiger partial charge in [-0.05, 0) is 67.8 Å². The number of benzene rings is 2. The summed E-state index contributed by atoms with van der Waals surface area (Å²) in [5.74, 6) is 0.758. The van der Waals surface area contributed by atoms with E-state index in [0.29, 0.717) is 13.0 Å². The van der Waals surface area contributed by atoms with Gasteiger partial charge in [-0.1, -0.05) is 44.1 Å². The highest BCUT2D eigenvalue weighted by atomic mass is 28.2. The smallest absolute Gasteiger partial charge is 0.224 e. The van der Waals surface area contributed by atoms with Crippen LogP contribution in [0.4, 0.5) is 0 Å². The number of ether oxygens (including phenoxy) is 1. The van der Waals surface area contributed by atoms with Crippen molar-refractivity contribution >= 4 is 32.7 Å². The van der Waals surface area contributed by atoms with E-state index in [1.807, 2.05) is 63.2 Å². The first kappa shape index (κ1) is 25.1. The summed E-state index contributed by atoms with van der Waals surface area (Å²) in [6.45, 7) is 12.7. The number of aldehydes is 1. The molecule has 0 amide bonds. The van der Waals surface area contributed by atoms with Crippen LogP contribution in [0.2, 0.25) is 5.04 Å². The van der Waals surface area contributed by atoms with E-state index in [4.69, 9.17) is 14.0 Å². The molecule has 0 fully saturated rings. The number of para-hydroxylation sites is 1. The molecule has 35 heavy (non-hydrogen) atoms. The first-order valence-corrected chi connectivity index (χ1v) is 13.2. The van der Waals surface area contributed by atoms with Crippen LogP contribution >= 0.6 is 0 Å². The Morgan fingerprint density at radius 3 is 2.49 bits per heavy atom. The van der Waals surface area contributed by atoms with Gasteiger partial charge >= 0.3 is 0 Å². The van der Waals surface area contributed by atoms with Gasteiger partial charge in [0, 0.05) is 23.1 Å². The Kier molecular flexibility index (Phi) is 6.84. The molecule has 0 N–H and O–H groups in total. The maximum Gasteiger partial charge on any atom is 0.224 e. The van der Waals surface area contributed by atoms with Crippen LogP contribution in [-0.2, 0) is 20.7 Å². The summed E-state index contributed by atoms with van der Waals surface area (Å²) in [6, 6.07) is 17.9. The summed E-state index contributed by atoms with van der Waals surface area (Å²) in [7, 11) is -0.874. The van der Waals surface area contributed by atoms with Crippen molar-refractivity contribution in [3.63, 3.8) is 0 Å². The molecular formula is C28H34N2O4Si. The molecule has 3 aromatic rings. The predicted molar refractivity (Wildman–Crippen MR) is 142 cm³/mol. The number of oxime groups is 1.